The standard InChI is InChI=1S/C17H29N5O2S/c1-13-15(25-12-21-13)16(23)19-7-8-20-17(18-2)22(3)9-4-14-5-10-24-11-6-14/h12,14H,4-11H2,1-3H3,(H,18,20)(H,19,23). The van der Waals surface area contributed by atoms with E-state index >= 15 is 0 Å². The number of aryl methyl sites for hydroxylation is 1. The lowest BCUT2D eigenvalue weighted by Crippen LogP contribution is -2.43. The van der Waals surface area contributed by atoms with E-state index in [2.05, 4.69) is 25.5 Å². The second-order valence-corrected chi connectivity index (χ2v) is 7.12. The van der Waals surface area contributed by atoms with Crippen LogP contribution in [0.5, 0.6) is 0 Å². The van der Waals surface area contributed by atoms with E-state index in [9.17, 15) is 4.79 Å². The van der Waals surface area contributed by atoms with Gasteiger partial charge in [-0.25, -0.2) is 4.98 Å². The van der Waals surface area contributed by atoms with Gasteiger partial charge in [-0.1, -0.05) is 0 Å². The van der Waals surface area contributed by atoms with Gasteiger partial charge < -0.3 is 20.3 Å². The number of amides is 1. The zero-order chi connectivity index (χ0) is 18.1. The maximum atomic E-state index is 12.0. The molecule has 1 aliphatic rings. The molecule has 25 heavy (non-hydrogen) atoms. The van der Waals surface area contributed by atoms with Crippen molar-refractivity contribution >= 4 is 23.2 Å². The molecule has 0 aliphatic carbocycles. The summed E-state index contributed by atoms with van der Waals surface area (Å²) < 4.78 is 5.41. The summed E-state index contributed by atoms with van der Waals surface area (Å²) in [5, 5.41) is 6.21. The van der Waals surface area contributed by atoms with Crippen LogP contribution in [0.3, 0.4) is 0 Å². The van der Waals surface area contributed by atoms with E-state index in [1.54, 1.807) is 12.6 Å². The van der Waals surface area contributed by atoms with Crippen LogP contribution in [0.1, 0.15) is 34.6 Å². The monoisotopic (exact) mass is 367 g/mol. The van der Waals surface area contributed by atoms with Crippen molar-refractivity contribution in [2.45, 2.75) is 26.2 Å². The van der Waals surface area contributed by atoms with Gasteiger partial charge in [0, 0.05) is 46.9 Å². The molecule has 1 fully saturated rings. The molecule has 0 atom stereocenters. The molecule has 1 saturated heterocycles. The molecule has 0 spiro atoms. The molecule has 1 aliphatic heterocycles. The topological polar surface area (TPSA) is 78.8 Å². The average molecular weight is 368 g/mol. The number of rotatable bonds is 7. The van der Waals surface area contributed by atoms with Gasteiger partial charge in [0.2, 0.25) is 0 Å². The van der Waals surface area contributed by atoms with Gasteiger partial charge in [0.25, 0.3) is 5.91 Å². The van der Waals surface area contributed by atoms with Crippen LogP contribution in [0.15, 0.2) is 10.5 Å². The number of thiazole rings is 1. The molecule has 0 radical (unpaired) electrons. The summed E-state index contributed by atoms with van der Waals surface area (Å²) in [7, 11) is 3.83. The number of carbonyl (C=O) groups excluding carboxylic acids is 1. The summed E-state index contributed by atoms with van der Waals surface area (Å²) in [6.07, 6.45) is 3.47. The Morgan fingerprint density at radius 3 is 2.76 bits per heavy atom. The third-order valence-electron chi connectivity index (χ3n) is 4.43. The summed E-state index contributed by atoms with van der Waals surface area (Å²) in [6.45, 7) is 5.77. The fraction of sp³-hybridized carbons (Fsp3) is 0.706. The Kier molecular flexibility index (Phi) is 8.14. The highest BCUT2D eigenvalue weighted by Gasteiger charge is 2.15. The van der Waals surface area contributed by atoms with E-state index in [-0.39, 0.29) is 5.91 Å². The van der Waals surface area contributed by atoms with Gasteiger partial charge in [0.1, 0.15) is 4.88 Å². The minimum atomic E-state index is -0.0651. The van der Waals surface area contributed by atoms with E-state index < -0.39 is 0 Å². The van der Waals surface area contributed by atoms with Crippen molar-refractivity contribution in [1.29, 1.82) is 0 Å². The molecule has 2 rings (SSSR count). The minimum absolute atomic E-state index is 0.0651. The number of hydrogen-bond donors (Lipinski definition) is 2. The second kappa shape index (κ2) is 10.4. The first-order valence-corrected chi connectivity index (χ1v) is 9.67. The predicted octanol–water partition coefficient (Wildman–Crippen LogP) is 1.51. The van der Waals surface area contributed by atoms with Crippen molar-refractivity contribution < 1.29 is 9.53 Å². The van der Waals surface area contributed by atoms with Crippen LogP contribution in [-0.4, -0.2) is 68.7 Å². The smallest absolute Gasteiger partial charge is 0.263 e. The predicted molar refractivity (Wildman–Crippen MR) is 101 cm³/mol. The molecule has 2 N–H and O–H groups in total. The van der Waals surface area contributed by atoms with Crippen LogP contribution >= 0.6 is 11.3 Å². The third-order valence-corrected chi connectivity index (χ3v) is 5.36. The van der Waals surface area contributed by atoms with Gasteiger partial charge in [-0.3, -0.25) is 9.79 Å². The second-order valence-electron chi connectivity index (χ2n) is 6.26. The van der Waals surface area contributed by atoms with Gasteiger partial charge in [-0.2, -0.15) is 0 Å². The number of guanidine groups is 1. The maximum absolute atomic E-state index is 12.0. The van der Waals surface area contributed by atoms with Gasteiger partial charge in [0.05, 0.1) is 11.2 Å². The van der Waals surface area contributed by atoms with Crippen LogP contribution in [0, 0.1) is 12.8 Å². The number of hydrogen-bond acceptors (Lipinski definition) is 5. The molecular weight excluding hydrogens is 338 g/mol. The van der Waals surface area contributed by atoms with E-state index in [0.29, 0.717) is 18.0 Å². The summed E-state index contributed by atoms with van der Waals surface area (Å²) in [4.78, 5) is 23.3. The van der Waals surface area contributed by atoms with Crippen molar-refractivity contribution in [2.24, 2.45) is 10.9 Å². The summed E-state index contributed by atoms with van der Waals surface area (Å²) in [5.74, 6) is 1.54. The van der Waals surface area contributed by atoms with Gasteiger partial charge in [0.15, 0.2) is 5.96 Å². The van der Waals surface area contributed by atoms with E-state index in [0.717, 1.165) is 56.6 Å². The number of ether oxygens (including phenoxy) is 1. The fourth-order valence-electron chi connectivity index (χ4n) is 2.85. The summed E-state index contributed by atoms with van der Waals surface area (Å²) >= 11 is 1.37. The zero-order valence-electron chi connectivity index (χ0n) is 15.4. The molecule has 0 bridgehead atoms. The van der Waals surface area contributed by atoms with Crippen molar-refractivity contribution in [3.8, 4) is 0 Å². The van der Waals surface area contributed by atoms with E-state index in [1.807, 2.05) is 14.0 Å². The van der Waals surface area contributed by atoms with Gasteiger partial charge in [-0.05, 0) is 32.1 Å². The molecule has 0 unspecified atom stereocenters. The Bertz CT molecular complexity index is 569. The first kappa shape index (κ1) is 19.7. The van der Waals surface area contributed by atoms with Crippen LogP contribution < -0.4 is 10.6 Å². The first-order chi connectivity index (χ1) is 12.1. The summed E-state index contributed by atoms with van der Waals surface area (Å²) in [6, 6.07) is 0. The van der Waals surface area contributed by atoms with Crippen molar-refractivity contribution in [3.63, 3.8) is 0 Å². The Hall–Kier alpha value is -1.67. The number of aromatic nitrogens is 1. The summed E-state index contributed by atoms with van der Waals surface area (Å²) in [5.41, 5.74) is 2.47. The molecule has 0 saturated carbocycles. The molecule has 140 valence electrons. The lowest BCUT2D eigenvalue weighted by Gasteiger charge is -2.26. The van der Waals surface area contributed by atoms with Crippen LogP contribution in [0.2, 0.25) is 0 Å². The lowest BCUT2D eigenvalue weighted by molar-refractivity contribution is 0.0625. The Morgan fingerprint density at radius 2 is 2.12 bits per heavy atom. The number of aliphatic imine (C=N–C) groups is 1. The maximum Gasteiger partial charge on any atom is 0.263 e. The molecule has 1 amide bonds. The van der Waals surface area contributed by atoms with Crippen LogP contribution in [0.4, 0.5) is 0 Å². The number of nitrogens with zero attached hydrogens (tertiary/aromatic N) is 3. The minimum Gasteiger partial charge on any atom is -0.381 e. The normalized spacial score (nSPS) is 15.9. The van der Waals surface area contributed by atoms with E-state index in [4.69, 9.17) is 4.74 Å². The Labute approximate surface area is 153 Å². The molecule has 8 heteroatoms. The van der Waals surface area contributed by atoms with Crippen molar-refractivity contribution in [1.82, 2.24) is 20.5 Å². The molecular formula is C17H29N5O2S. The largest absolute Gasteiger partial charge is 0.381 e. The third kappa shape index (κ3) is 6.28. The average Bonchev–Trinajstić information content (AvgIpc) is 3.06. The molecule has 0 aromatic carbocycles. The highest BCUT2D eigenvalue weighted by atomic mass is 32.1. The SMILES string of the molecule is CN=C(NCCNC(=O)c1scnc1C)N(C)CCC1CCOCC1. The fourth-order valence-corrected chi connectivity index (χ4v) is 3.57. The van der Waals surface area contributed by atoms with Gasteiger partial charge in [-0.15, -0.1) is 11.3 Å². The zero-order valence-corrected chi connectivity index (χ0v) is 16.2. The lowest BCUT2D eigenvalue weighted by atomic mass is 9.96. The number of nitrogens with one attached hydrogen (secondary N) is 2. The molecule has 7 nitrogen and oxygen atoms in total. The Balaban J connectivity index is 1.65. The van der Waals surface area contributed by atoms with Crippen LogP contribution in [-0.2, 0) is 4.74 Å². The number of carbonyl (C=O) groups is 1. The highest BCUT2D eigenvalue weighted by molar-refractivity contribution is 7.11. The van der Waals surface area contributed by atoms with Crippen LogP contribution in [0.25, 0.3) is 0 Å². The molecule has 2 heterocycles. The Morgan fingerprint density at radius 1 is 1.40 bits per heavy atom. The van der Waals surface area contributed by atoms with Crippen molar-refractivity contribution in [3.05, 3.63) is 16.1 Å². The van der Waals surface area contributed by atoms with Crippen molar-refractivity contribution in [2.75, 3.05) is 46.9 Å². The highest BCUT2D eigenvalue weighted by Crippen LogP contribution is 2.18. The quantitative estimate of drug-likeness (QED) is 0.434. The van der Waals surface area contributed by atoms with E-state index in [1.165, 1.54) is 11.3 Å². The van der Waals surface area contributed by atoms with Gasteiger partial charge >= 0.3 is 0 Å². The molecule has 1 aromatic rings. The molecule has 1 aromatic heterocycles. The first-order valence-electron chi connectivity index (χ1n) is 8.79.